The van der Waals surface area contributed by atoms with Gasteiger partial charge < -0.3 is 10.2 Å². The van der Waals surface area contributed by atoms with Crippen molar-refractivity contribution in [1.82, 2.24) is 0 Å². The number of aliphatic hydroxyl groups is 1. The maximum absolute atomic E-state index is 11.2. The van der Waals surface area contributed by atoms with Gasteiger partial charge in [0.25, 0.3) is 0 Å². The van der Waals surface area contributed by atoms with Gasteiger partial charge in [0.05, 0.1) is 0 Å². The molecule has 1 aromatic rings. The molecule has 0 amide bonds. The number of benzene rings is 1. The smallest absolute Gasteiger partial charge is 0.336 e. The van der Waals surface area contributed by atoms with Crippen molar-refractivity contribution in [3.63, 3.8) is 0 Å². The highest BCUT2D eigenvalue weighted by Gasteiger charge is 2.36. The number of carbonyl (C=O) groups is 1. The van der Waals surface area contributed by atoms with Gasteiger partial charge in [-0.25, -0.2) is 4.79 Å². The summed E-state index contributed by atoms with van der Waals surface area (Å²) in [6, 6.07) is 7.59. The number of carboxylic acids is 1. The summed E-state index contributed by atoms with van der Waals surface area (Å²) >= 11 is 0. The van der Waals surface area contributed by atoms with E-state index in [0.29, 0.717) is 0 Å². The fraction of sp³-hybridized carbons (Fsp3) is 0.500. The summed E-state index contributed by atoms with van der Waals surface area (Å²) in [5, 5.41) is 19.4. The van der Waals surface area contributed by atoms with E-state index in [2.05, 4.69) is 0 Å². The average Bonchev–Trinajstić information content (AvgIpc) is 2.15. The first-order chi connectivity index (χ1) is 7.83. The Balaban J connectivity index is 2.90. The minimum absolute atomic E-state index is 0.140. The highest BCUT2D eigenvalue weighted by Crippen LogP contribution is 2.23. The molecular weight excluding hydrogens is 216 g/mol. The first kappa shape index (κ1) is 13.7. The van der Waals surface area contributed by atoms with Crippen LogP contribution in [-0.2, 0) is 11.2 Å². The zero-order chi connectivity index (χ0) is 13.1. The minimum Gasteiger partial charge on any atom is -0.479 e. The molecule has 1 rings (SSSR count). The van der Waals surface area contributed by atoms with E-state index >= 15 is 0 Å². The Kier molecular flexibility index (Phi) is 4.29. The standard InChI is InChI=1S/C14H20O3/c1-10(2)8-14(17,13(15)16)9-12-6-4-5-11(3)7-12/h4-7,10,17H,8-9H2,1-3H3,(H,15,16). The van der Waals surface area contributed by atoms with E-state index in [1.165, 1.54) is 0 Å². The molecule has 0 fully saturated rings. The second kappa shape index (κ2) is 5.32. The van der Waals surface area contributed by atoms with Crippen molar-refractivity contribution in [2.24, 2.45) is 5.92 Å². The van der Waals surface area contributed by atoms with Gasteiger partial charge in [-0.05, 0) is 24.8 Å². The average molecular weight is 236 g/mol. The van der Waals surface area contributed by atoms with Gasteiger partial charge in [0.15, 0.2) is 5.60 Å². The molecular formula is C14H20O3. The third kappa shape index (κ3) is 3.86. The Labute approximate surface area is 102 Å². The van der Waals surface area contributed by atoms with E-state index < -0.39 is 11.6 Å². The molecule has 1 unspecified atom stereocenters. The van der Waals surface area contributed by atoms with Crippen LogP contribution in [0.4, 0.5) is 0 Å². The van der Waals surface area contributed by atoms with Crippen molar-refractivity contribution < 1.29 is 15.0 Å². The lowest BCUT2D eigenvalue weighted by Gasteiger charge is -2.25. The summed E-state index contributed by atoms with van der Waals surface area (Å²) in [4.78, 5) is 11.2. The lowest BCUT2D eigenvalue weighted by molar-refractivity contribution is -0.160. The van der Waals surface area contributed by atoms with E-state index in [-0.39, 0.29) is 18.8 Å². The Bertz CT molecular complexity index is 398. The van der Waals surface area contributed by atoms with Crippen LogP contribution >= 0.6 is 0 Å². The van der Waals surface area contributed by atoms with Crippen molar-refractivity contribution >= 4 is 5.97 Å². The van der Waals surface area contributed by atoms with Gasteiger partial charge in [-0.1, -0.05) is 43.7 Å². The van der Waals surface area contributed by atoms with E-state index in [1.807, 2.05) is 45.0 Å². The molecule has 0 aliphatic rings. The Morgan fingerprint density at radius 1 is 1.41 bits per heavy atom. The highest BCUT2D eigenvalue weighted by atomic mass is 16.4. The minimum atomic E-state index is -1.66. The molecule has 94 valence electrons. The molecule has 0 aromatic heterocycles. The van der Waals surface area contributed by atoms with Crippen LogP contribution in [0.5, 0.6) is 0 Å². The molecule has 0 saturated carbocycles. The van der Waals surface area contributed by atoms with Crippen LogP contribution < -0.4 is 0 Å². The predicted octanol–water partition coefficient (Wildman–Crippen LogP) is 2.40. The zero-order valence-corrected chi connectivity index (χ0v) is 10.6. The first-order valence-corrected chi connectivity index (χ1v) is 5.85. The number of carboxylic acid groups (broad SMARTS) is 1. The number of aliphatic carboxylic acids is 1. The molecule has 0 aliphatic carbocycles. The molecule has 17 heavy (non-hydrogen) atoms. The Hall–Kier alpha value is -1.35. The molecule has 0 saturated heterocycles. The molecule has 0 radical (unpaired) electrons. The van der Waals surface area contributed by atoms with Crippen molar-refractivity contribution in [1.29, 1.82) is 0 Å². The monoisotopic (exact) mass is 236 g/mol. The molecule has 0 bridgehead atoms. The second-order valence-corrected chi connectivity index (χ2v) is 5.10. The SMILES string of the molecule is Cc1cccc(CC(O)(CC(C)C)C(=O)O)c1. The first-order valence-electron chi connectivity index (χ1n) is 5.85. The van der Waals surface area contributed by atoms with Crippen LogP contribution in [0.2, 0.25) is 0 Å². The van der Waals surface area contributed by atoms with Crippen molar-refractivity contribution in [2.45, 2.75) is 39.2 Å². The normalized spacial score (nSPS) is 14.6. The molecule has 0 heterocycles. The van der Waals surface area contributed by atoms with E-state index in [1.54, 1.807) is 0 Å². The molecule has 2 N–H and O–H groups in total. The number of aryl methyl sites for hydroxylation is 1. The van der Waals surface area contributed by atoms with Crippen LogP contribution in [0.1, 0.15) is 31.4 Å². The van der Waals surface area contributed by atoms with Gasteiger partial charge in [-0.3, -0.25) is 0 Å². The summed E-state index contributed by atoms with van der Waals surface area (Å²) in [6.45, 7) is 5.76. The quantitative estimate of drug-likeness (QED) is 0.825. The third-order valence-corrected chi connectivity index (χ3v) is 2.72. The number of rotatable bonds is 5. The van der Waals surface area contributed by atoms with Gasteiger partial charge in [0, 0.05) is 6.42 Å². The summed E-state index contributed by atoms with van der Waals surface area (Å²) in [5.41, 5.74) is 0.262. The maximum Gasteiger partial charge on any atom is 0.336 e. The molecule has 0 aliphatic heterocycles. The summed E-state index contributed by atoms with van der Waals surface area (Å²) < 4.78 is 0. The molecule has 1 atom stereocenters. The predicted molar refractivity (Wildman–Crippen MR) is 66.9 cm³/mol. The summed E-state index contributed by atoms with van der Waals surface area (Å²) in [5.74, 6) is -1.01. The number of hydrogen-bond donors (Lipinski definition) is 2. The fourth-order valence-electron chi connectivity index (χ4n) is 2.07. The van der Waals surface area contributed by atoms with Crippen LogP contribution in [0, 0.1) is 12.8 Å². The van der Waals surface area contributed by atoms with Crippen molar-refractivity contribution in [3.05, 3.63) is 35.4 Å². The van der Waals surface area contributed by atoms with Gasteiger partial charge in [-0.2, -0.15) is 0 Å². The highest BCUT2D eigenvalue weighted by molar-refractivity contribution is 5.77. The van der Waals surface area contributed by atoms with E-state index in [4.69, 9.17) is 5.11 Å². The van der Waals surface area contributed by atoms with Gasteiger partial charge in [0.2, 0.25) is 0 Å². The van der Waals surface area contributed by atoms with E-state index in [9.17, 15) is 9.90 Å². The van der Waals surface area contributed by atoms with Gasteiger partial charge >= 0.3 is 5.97 Å². The lowest BCUT2D eigenvalue weighted by Crippen LogP contribution is -2.42. The zero-order valence-electron chi connectivity index (χ0n) is 10.6. The van der Waals surface area contributed by atoms with Crippen molar-refractivity contribution in [2.75, 3.05) is 0 Å². The Morgan fingerprint density at radius 3 is 2.53 bits per heavy atom. The molecule has 1 aromatic carbocycles. The van der Waals surface area contributed by atoms with Crippen LogP contribution in [0.25, 0.3) is 0 Å². The maximum atomic E-state index is 11.2. The lowest BCUT2D eigenvalue weighted by atomic mass is 9.86. The van der Waals surface area contributed by atoms with Crippen LogP contribution in [-0.4, -0.2) is 21.8 Å². The summed E-state index contributed by atoms with van der Waals surface area (Å²) in [7, 11) is 0. The number of hydrogen-bond acceptors (Lipinski definition) is 2. The molecule has 0 spiro atoms. The molecule has 3 heteroatoms. The van der Waals surface area contributed by atoms with Crippen LogP contribution in [0.15, 0.2) is 24.3 Å². The van der Waals surface area contributed by atoms with Crippen LogP contribution in [0.3, 0.4) is 0 Å². The Morgan fingerprint density at radius 2 is 2.06 bits per heavy atom. The third-order valence-electron chi connectivity index (χ3n) is 2.72. The summed E-state index contributed by atoms with van der Waals surface area (Å²) in [6.07, 6.45) is 0.415. The van der Waals surface area contributed by atoms with Gasteiger partial charge in [-0.15, -0.1) is 0 Å². The second-order valence-electron chi connectivity index (χ2n) is 5.10. The topological polar surface area (TPSA) is 57.5 Å². The van der Waals surface area contributed by atoms with E-state index in [0.717, 1.165) is 11.1 Å². The van der Waals surface area contributed by atoms with Crippen molar-refractivity contribution in [3.8, 4) is 0 Å². The largest absolute Gasteiger partial charge is 0.479 e. The fourth-order valence-corrected chi connectivity index (χ4v) is 2.07. The van der Waals surface area contributed by atoms with Gasteiger partial charge in [0.1, 0.15) is 0 Å². The molecule has 3 nitrogen and oxygen atoms in total.